The number of ketones is 1. The van der Waals surface area contributed by atoms with Gasteiger partial charge in [0.2, 0.25) is 5.89 Å². The molecule has 6 nitrogen and oxygen atoms in total. The molecule has 0 unspecified atom stereocenters. The molecule has 1 fully saturated rings. The van der Waals surface area contributed by atoms with Gasteiger partial charge in [-0.25, -0.2) is 9.78 Å². The molecule has 2 heterocycles. The smallest absolute Gasteiger partial charge is 0.360 e. The Kier molecular flexibility index (Phi) is 5.60. The van der Waals surface area contributed by atoms with Crippen LogP contribution in [0.5, 0.6) is 0 Å². The highest BCUT2D eigenvalue weighted by Gasteiger charge is 2.26. The van der Waals surface area contributed by atoms with Gasteiger partial charge in [0.1, 0.15) is 12.0 Å². The number of carbonyl (C=O) groups excluding carboxylic acids is 2. The topological polar surface area (TPSA) is 72.6 Å². The van der Waals surface area contributed by atoms with Crippen molar-refractivity contribution in [2.24, 2.45) is 5.92 Å². The normalized spacial score (nSPS) is 18.0. The molecular formula is C19H22N2O4. The maximum absolute atomic E-state index is 12.6. The standard InChI is InChI=1S/C19H22N2O4/c1-24-19(23)16-13-25-18(20-16)12-21-9-5-8-15(11-21)17(22)10-14-6-3-2-4-7-14/h2-4,6-7,13,15H,5,8-12H2,1H3/t15-/m1/s1. The van der Waals surface area contributed by atoms with Gasteiger partial charge in [-0.15, -0.1) is 0 Å². The Hall–Kier alpha value is -2.47. The number of esters is 1. The lowest BCUT2D eigenvalue weighted by Gasteiger charge is -2.31. The van der Waals surface area contributed by atoms with E-state index in [0.29, 0.717) is 25.4 Å². The van der Waals surface area contributed by atoms with Gasteiger partial charge in [0.15, 0.2) is 5.69 Å². The van der Waals surface area contributed by atoms with Gasteiger partial charge in [0.05, 0.1) is 13.7 Å². The lowest BCUT2D eigenvalue weighted by molar-refractivity contribution is -0.124. The van der Waals surface area contributed by atoms with E-state index in [-0.39, 0.29) is 17.4 Å². The van der Waals surface area contributed by atoms with E-state index in [1.54, 1.807) is 0 Å². The molecule has 132 valence electrons. The van der Waals surface area contributed by atoms with Crippen LogP contribution in [0.3, 0.4) is 0 Å². The SMILES string of the molecule is COC(=O)c1coc(CN2CCC[C@@H](C(=O)Cc3ccccc3)C2)n1. The predicted molar refractivity (Wildman–Crippen MR) is 91.0 cm³/mol. The third-order valence-corrected chi connectivity index (χ3v) is 4.49. The number of Topliss-reactive ketones (excluding diaryl/α,β-unsaturated/α-hetero) is 1. The van der Waals surface area contributed by atoms with E-state index >= 15 is 0 Å². The molecule has 2 aromatic rings. The maximum atomic E-state index is 12.6. The molecule has 0 aliphatic carbocycles. The van der Waals surface area contributed by atoms with Gasteiger partial charge < -0.3 is 9.15 Å². The molecule has 0 amide bonds. The molecule has 0 N–H and O–H groups in total. The summed E-state index contributed by atoms with van der Waals surface area (Å²) in [5.74, 6) is 0.267. The fraction of sp³-hybridized carbons (Fsp3) is 0.421. The van der Waals surface area contributed by atoms with Gasteiger partial charge in [0, 0.05) is 18.9 Å². The molecule has 3 rings (SSSR count). The summed E-state index contributed by atoms with van der Waals surface area (Å²) in [6.45, 7) is 2.08. The zero-order chi connectivity index (χ0) is 17.6. The Balaban J connectivity index is 1.56. The Morgan fingerprint density at radius 2 is 2.12 bits per heavy atom. The maximum Gasteiger partial charge on any atom is 0.360 e. The number of carbonyl (C=O) groups is 2. The van der Waals surface area contributed by atoms with E-state index in [0.717, 1.165) is 24.9 Å². The van der Waals surface area contributed by atoms with Crippen molar-refractivity contribution in [1.82, 2.24) is 9.88 Å². The number of aromatic nitrogens is 1. The van der Waals surface area contributed by atoms with Crippen LogP contribution in [0, 0.1) is 5.92 Å². The molecule has 1 saturated heterocycles. The van der Waals surface area contributed by atoms with Gasteiger partial charge in [-0.1, -0.05) is 30.3 Å². The predicted octanol–water partition coefficient (Wildman–Crippen LogP) is 2.49. The van der Waals surface area contributed by atoms with E-state index < -0.39 is 5.97 Å². The summed E-state index contributed by atoms with van der Waals surface area (Å²) in [4.78, 5) is 30.3. The summed E-state index contributed by atoms with van der Waals surface area (Å²) in [6, 6.07) is 9.84. The number of hydrogen-bond acceptors (Lipinski definition) is 6. The molecule has 0 spiro atoms. The lowest BCUT2D eigenvalue weighted by Crippen LogP contribution is -2.38. The number of oxazole rings is 1. The molecule has 0 radical (unpaired) electrons. The number of ether oxygens (including phenoxy) is 1. The summed E-state index contributed by atoms with van der Waals surface area (Å²) in [7, 11) is 1.31. The molecule has 0 saturated carbocycles. The van der Waals surface area contributed by atoms with E-state index in [4.69, 9.17) is 4.42 Å². The zero-order valence-electron chi connectivity index (χ0n) is 14.3. The summed E-state index contributed by atoms with van der Waals surface area (Å²) >= 11 is 0. The van der Waals surface area contributed by atoms with Gasteiger partial charge in [-0.05, 0) is 24.9 Å². The van der Waals surface area contributed by atoms with Crippen molar-refractivity contribution in [3.05, 3.63) is 53.7 Å². The third-order valence-electron chi connectivity index (χ3n) is 4.49. The fourth-order valence-electron chi connectivity index (χ4n) is 3.18. The van der Waals surface area contributed by atoms with Crippen molar-refractivity contribution >= 4 is 11.8 Å². The van der Waals surface area contributed by atoms with E-state index in [1.807, 2.05) is 30.3 Å². The van der Waals surface area contributed by atoms with Crippen molar-refractivity contribution in [1.29, 1.82) is 0 Å². The Morgan fingerprint density at radius 3 is 2.88 bits per heavy atom. The Labute approximate surface area is 146 Å². The molecule has 1 aromatic carbocycles. The van der Waals surface area contributed by atoms with E-state index in [1.165, 1.54) is 13.4 Å². The highest BCUT2D eigenvalue weighted by atomic mass is 16.5. The second kappa shape index (κ2) is 8.07. The largest absolute Gasteiger partial charge is 0.464 e. The number of hydrogen-bond donors (Lipinski definition) is 0. The van der Waals surface area contributed by atoms with Crippen LogP contribution in [-0.2, 0) is 22.5 Å². The molecule has 1 aliphatic rings. The van der Waals surface area contributed by atoms with Crippen LogP contribution in [0.2, 0.25) is 0 Å². The van der Waals surface area contributed by atoms with Gasteiger partial charge in [-0.3, -0.25) is 9.69 Å². The lowest BCUT2D eigenvalue weighted by atomic mass is 9.90. The van der Waals surface area contributed by atoms with Crippen molar-refractivity contribution in [3.8, 4) is 0 Å². The van der Waals surface area contributed by atoms with Crippen molar-refractivity contribution in [3.63, 3.8) is 0 Å². The van der Waals surface area contributed by atoms with E-state index in [2.05, 4.69) is 14.6 Å². The molecular weight excluding hydrogens is 320 g/mol. The molecule has 1 aromatic heterocycles. The quantitative estimate of drug-likeness (QED) is 0.751. The van der Waals surface area contributed by atoms with Crippen LogP contribution < -0.4 is 0 Å². The first kappa shape index (κ1) is 17.4. The number of likely N-dealkylation sites (tertiary alicyclic amines) is 1. The first-order valence-corrected chi connectivity index (χ1v) is 8.47. The average Bonchev–Trinajstić information content (AvgIpc) is 3.10. The first-order valence-electron chi connectivity index (χ1n) is 8.47. The highest BCUT2D eigenvalue weighted by Crippen LogP contribution is 2.21. The zero-order valence-corrected chi connectivity index (χ0v) is 14.3. The van der Waals surface area contributed by atoms with Crippen molar-refractivity contribution in [2.45, 2.75) is 25.8 Å². The Morgan fingerprint density at radius 1 is 1.32 bits per heavy atom. The number of nitrogens with zero attached hydrogens (tertiary/aromatic N) is 2. The monoisotopic (exact) mass is 342 g/mol. The average molecular weight is 342 g/mol. The summed E-state index contributed by atoms with van der Waals surface area (Å²) in [5, 5.41) is 0. The fourth-order valence-corrected chi connectivity index (χ4v) is 3.18. The van der Waals surface area contributed by atoms with Crippen LogP contribution >= 0.6 is 0 Å². The second-order valence-corrected chi connectivity index (χ2v) is 6.32. The van der Waals surface area contributed by atoms with Crippen LogP contribution in [0.1, 0.15) is 34.8 Å². The highest BCUT2D eigenvalue weighted by molar-refractivity contribution is 5.86. The van der Waals surface area contributed by atoms with Crippen molar-refractivity contribution in [2.75, 3.05) is 20.2 Å². The second-order valence-electron chi connectivity index (χ2n) is 6.32. The summed E-state index contributed by atoms with van der Waals surface area (Å²) < 4.78 is 9.97. The third kappa shape index (κ3) is 4.54. The number of piperidine rings is 1. The van der Waals surface area contributed by atoms with Crippen LogP contribution in [0.4, 0.5) is 0 Å². The minimum atomic E-state index is -0.510. The molecule has 1 aliphatic heterocycles. The van der Waals surface area contributed by atoms with E-state index in [9.17, 15) is 9.59 Å². The van der Waals surface area contributed by atoms with Crippen LogP contribution in [-0.4, -0.2) is 41.8 Å². The van der Waals surface area contributed by atoms with Gasteiger partial charge >= 0.3 is 5.97 Å². The minimum Gasteiger partial charge on any atom is -0.464 e. The van der Waals surface area contributed by atoms with Crippen LogP contribution in [0.25, 0.3) is 0 Å². The number of benzene rings is 1. The number of rotatable bonds is 6. The molecule has 1 atom stereocenters. The summed E-state index contributed by atoms with van der Waals surface area (Å²) in [5.41, 5.74) is 1.23. The summed E-state index contributed by atoms with van der Waals surface area (Å²) in [6.07, 6.45) is 3.67. The van der Waals surface area contributed by atoms with Gasteiger partial charge in [0.25, 0.3) is 0 Å². The molecule has 25 heavy (non-hydrogen) atoms. The molecule has 0 bridgehead atoms. The first-order chi connectivity index (χ1) is 12.2. The van der Waals surface area contributed by atoms with Crippen LogP contribution in [0.15, 0.2) is 41.0 Å². The van der Waals surface area contributed by atoms with Gasteiger partial charge in [-0.2, -0.15) is 0 Å². The Bertz CT molecular complexity index is 726. The number of methoxy groups -OCH3 is 1. The minimum absolute atomic E-state index is 0.0315. The van der Waals surface area contributed by atoms with Crippen molar-refractivity contribution < 1.29 is 18.7 Å². The molecule has 6 heteroatoms.